The minimum absolute atomic E-state index is 0.0380. The van der Waals surface area contributed by atoms with Gasteiger partial charge in [0.15, 0.2) is 0 Å². The normalized spacial score (nSPS) is 11.8. The van der Waals surface area contributed by atoms with Crippen molar-refractivity contribution < 1.29 is 19.6 Å². The molecule has 9 nitrogen and oxygen atoms in total. The van der Waals surface area contributed by atoms with Gasteiger partial charge in [0, 0.05) is 43.4 Å². The first-order valence-electron chi connectivity index (χ1n) is 7.59. The van der Waals surface area contributed by atoms with E-state index in [9.17, 15) is 19.7 Å². The summed E-state index contributed by atoms with van der Waals surface area (Å²) < 4.78 is 1.48. The quantitative estimate of drug-likeness (QED) is 0.583. The Morgan fingerprint density at radius 1 is 1.36 bits per heavy atom. The molecule has 2 aromatic rings. The van der Waals surface area contributed by atoms with E-state index in [-0.39, 0.29) is 24.1 Å². The van der Waals surface area contributed by atoms with Crippen molar-refractivity contribution in [2.75, 3.05) is 0 Å². The molecule has 0 fully saturated rings. The molecular formula is C16H18N4O5. The van der Waals surface area contributed by atoms with Crippen molar-refractivity contribution in [2.45, 2.75) is 25.8 Å². The molecule has 0 spiro atoms. The molecule has 1 aromatic carbocycles. The fourth-order valence-electron chi connectivity index (χ4n) is 2.32. The molecule has 0 aliphatic rings. The Morgan fingerprint density at radius 3 is 2.56 bits per heavy atom. The van der Waals surface area contributed by atoms with Crippen LogP contribution in [-0.2, 0) is 11.8 Å². The maximum absolute atomic E-state index is 12.5. The third-order valence-electron chi connectivity index (χ3n) is 3.59. The van der Waals surface area contributed by atoms with Gasteiger partial charge in [-0.15, -0.1) is 0 Å². The second-order valence-electron chi connectivity index (χ2n) is 5.68. The van der Waals surface area contributed by atoms with Gasteiger partial charge in [0.05, 0.1) is 10.5 Å². The standard InChI is InChI=1S/C16H18N4O5/c1-10(3-8-14(21)22)17-16(23)13-9-19(2)18-15(13)11-4-6-12(7-5-11)20(24)25/h4-7,9-10H,3,8H2,1-2H3,(H,17,23)(H,21,22). The Hall–Kier alpha value is -3.23. The van der Waals surface area contributed by atoms with Gasteiger partial charge in [-0.2, -0.15) is 5.10 Å². The third-order valence-corrected chi connectivity index (χ3v) is 3.59. The van der Waals surface area contributed by atoms with Gasteiger partial charge in [0.2, 0.25) is 0 Å². The summed E-state index contributed by atoms with van der Waals surface area (Å²) in [4.78, 5) is 33.3. The van der Waals surface area contributed by atoms with Gasteiger partial charge in [0.1, 0.15) is 5.69 Å². The number of hydrogen-bond donors (Lipinski definition) is 2. The van der Waals surface area contributed by atoms with Crippen LogP contribution in [0.5, 0.6) is 0 Å². The van der Waals surface area contributed by atoms with Crippen molar-refractivity contribution in [1.82, 2.24) is 15.1 Å². The van der Waals surface area contributed by atoms with Crippen LogP contribution in [0.25, 0.3) is 11.3 Å². The van der Waals surface area contributed by atoms with Crippen molar-refractivity contribution in [2.24, 2.45) is 7.05 Å². The van der Waals surface area contributed by atoms with E-state index in [1.165, 1.54) is 28.9 Å². The predicted octanol–water partition coefficient (Wildman–Crippen LogP) is 1.98. The van der Waals surface area contributed by atoms with Crippen LogP contribution in [-0.4, -0.2) is 37.7 Å². The van der Waals surface area contributed by atoms with Crippen molar-refractivity contribution >= 4 is 17.6 Å². The maximum atomic E-state index is 12.5. The molecule has 25 heavy (non-hydrogen) atoms. The van der Waals surface area contributed by atoms with E-state index in [0.29, 0.717) is 23.2 Å². The molecule has 9 heteroatoms. The molecule has 0 saturated carbocycles. The largest absolute Gasteiger partial charge is 0.481 e. The monoisotopic (exact) mass is 346 g/mol. The molecule has 0 aliphatic carbocycles. The van der Waals surface area contributed by atoms with E-state index in [4.69, 9.17) is 5.11 Å². The summed E-state index contributed by atoms with van der Waals surface area (Å²) in [5, 5.41) is 26.4. The van der Waals surface area contributed by atoms with E-state index in [1.54, 1.807) is 20.2 Å². The average molecular weight is 346 g/mol. The number of non-ortho nitro benzene ring substituents is 1. The Bertz CT molecular complexity index is 797. The molecule has 0 saturated heterocycles. The first-order valence-corrected chi connectivity index (χ1v) is 7.59. The summed E-state index contributed by atoms with van der Waals surface area (Å²) >= 11 is 0. The fraction of sp³-hybridized carbons (Fsp3) is 0.312. The number of nitro groups is 1. The number of nitrogens with one attached hydrogen (secondary N) is 1. The SMILES string of the molecule is CC(CCC(=O)O)NC(=O)c1cn(C)nc1-c1ccc([N+](=O)[O-])cc1. The number of nitro benzene ring substituents is 1. The second kappa shape index (κ2) is 7.56. The number of amides is 1. The third kappa shape index (κ3) is 4.63. The molecule has 1 heterocycles. The van der Waals surface area contributed by atoms with Crippen molar-refractivity contribution in [3.05, 3.63) is 46.1 Å². The number of nitrogens with zero attached hydrogens (tertiary/aromatic N) is 3. The molecule has 0 radical (unpaired) electrons. The maximum Gasteiger partial charge on any atom is 0.303 e. The Kier molecular flexibility index (Phi) is 5.48. The number of benzene rings is 1. The Balaban J connectivity index is 2.20. The zero-order valence-electron chi connectivity index (χ0n) is 13.8. The van der Waals surface area contributed by atoms with Crippen LogP contribution in [0.1, 0.15) is 30.1 Å². The van der Waals surface area contributed by atoms with Gasteiger partial charge >= 0.3 is 5.97 Å². The van der Waals surface area contributed by atoms with Crippen molar-refractivity contribution in [3.8, 4) is 11.3 Å². The predicted molar refractivity (Wildman–Crippen MR) is 89.1 cm³/mol. The van der Waals surface area contributed by atoms with Crippen LogP contribution in [0.15, 0.2) is 30.5 Å². The highest BCUT2D eigenvalue weighted by Crippen LogP contribution is 2.24. The molecule has 2 N–H and O–H groups in total. The van der Waals surface area contributed by atoms with Gasteiger partial charge in [0.25, 0.3) is 11.6 Å². The molecular weight excluding hydrogens is 328 g/mol. The van der Waals surface area contributed by atoms with Crippen LogP contribution in [0.4, 0.5) is 5.69 Å². The van der Waals surface area contributed by atoms with E-state index >= 15 is 0 Å². The van der Waals surface area contributed by atoms with Crippen LogP contribution >= 0.6 is 0 Å². The molecule has 2 rings (SSSR count). The lowest BCUT2D eigenvalue weighted by atomic mass is 10.1. The molecule has 1 aromatic heterocycles. The first-order chi connectivity index (χ1) is 11.8. The highest BCUT2D eigenvalue weighted by Gasteiger charge is 2.19. The van der Waals surface area contributed by atoms with Crippen LogP contribution in [0.2, 0.25) is 0 Å². The lowest BCUT2D eigenvalue weighted by Crippen LogP contribution is -2.33. The highest BCUT2D eigenvalue weighted by atomic mass is 16.6. The number of aromatic nitrogens is 2. The lowest BCUT2D eigenvalue weighted by Gasteiger charge is -2.12. The van der Waals surface area contributed by atoms with Gasteiger partial charge in [-0.1, -0.05) is 0 Å². The Labute approximate surface area is 143 Å². The highest BCUT2D eigenvalue weighted by molar-refractivity contribution is 6.00. The number of aryl methyl sites for hydroxylation is 1. The molecule has 0 aliphatic heterocycles. The van der Waals surface area contributed by atoms with Gasteiger partial charge < -0.3 is 10.4 Å². The van der Waals surface area contributed by atoms with E-state index in [2.05, 4.69) is 10.4 Å². The zero-order chi connectivity index (χ0) is 18.6. The summed E-state index contributed by atoms with van der Waals surface area (Å²) in [5.74, 6) is -1.30. The van der Waals surface area contributed by atoms with Crippen molar-refractivity contribution in [3.63, 3.8) is 0 Å². The molecule has 132 valence electrons. The number of carboxylic acid groups (broad SMARTS) is 1. The van der Waals surface area contributed by atoms with E-state index in [0.717, 1.165) is 0 Å². The van der Waals surface area contributed by atoms with Crippen molar-refractivity contribution in [1.29, 1.82) is 0 Å². The smallest absolute Gasteiger partial charge is 0.303 e. The van der Waals surface area contributed by atoms with Gasteiger partial charge in [-0.05, 0) is 25.5 Å². The number of hydrogen-bond acceptors (Lipinski definition) is 5. The first kappa shape index (κ1) is 18.1. The Morgan fingerprint density at radius 2 is 2.00 bits per heavy atom. The summed E-state index contributed by atoms with van der Waals surface area (Å²) in [7, 11) is 1.67. The number of aliphatic carboxylic acids is 1. The molecule has 1 amide bonds. The molecule has 1 unspecified atom stereocenters. The molecule has 0 bridgehead atoms. The van der Waals surface area contributed by atoms with Crippen LogP contribution in [0, 0.1) is 10.1 Å². The summed E-state index contributed by atoms with van der Waals surface area (Å²) in [6.45, 7) is 1.72. The van der Waals surface area contributed by atoms with E-state index < -0.39 is 10.9 Å². The number of carbonyl (C=O) groups is 2. The topological polar surface area (TPSA) is 127 Å². The summed E-state index contributed by atoms with van der Waals surface area (Å²) in [6.07, 6.45) is 1.83. The van der Waals surface area contributed by atoms with E-state index in [1.807, 2.05) is 0 Å². The van der Waals surface area contributed by atoms with Gasteiger partial charge in [-0.25, -0.2) is 0 Å². The number of carboxylic acids is 1. The summed E-state index contributed by atoms with van der Waals surface area (Å²) in [6, 6.07) is 5.45. The number of carbonyl (C=O) groups excluding carboxylic acids is 1. The van der Waals surface area contributed by atoms with Crippen LogP contribution < -0.4 is 5.32 Å². The average Bonchev–Trinajstić information content (AvgIpc) is 2.95. The minimum atomic E-state index is -0.922. The minimum Gasteiger partial charge on any atom is -0.481 e. The van der Waals surface area contributed by atoms with Crippen LogP contribution in [0.3, 0.4) is 0 Å². The molecule has 1 atom stereocenters. The summed E-state index contributed by atoms with van der Waals surface area (Å²) in [5.41, 5.74) is 1.25. The second-order valence-corrected chi connectivity index (χ2v) is 5.68. The zero-order valence-corrected chi connectivity index (χ0v) is 13.8. The number of rotatable bonds is 7. The lowest BCUT2D eigenvalue weighted by molar-refractivity contribution is -0.384. The fourth-order valence-corrected chi connectivity index (χ4v) is 2.32. The van der Waals surface area contributed by atoms with Gasteiger partial charge in [-0.3, -0.25) is 24.4 Å².